The average molecular weight is 351 g/mol. The van der Waals surface area contributed by atoms with Crippen molar-refractivity contribution in [1.82, 2.24) is 4.98 Å². The average Bonchev–Trinajstić information content (AvgIpc) is 2.47. The third-order valence-corrected chi connectivity index (χ3v) is 4.56. The van der Waals surface area contributed by atoms with E-state index in [2.05, 4.69) is 4.98 Å². The van der Waals surface area contributed by atoms with Gasteiger partial charge < -0.3 is 4.74 Å². The lowest BCUT2D eigenvalue weighted by molar-refractivity contribution is -0.138. The summed E-state index contributed by atoms with van der Waals surface area (Å²) in [6, 6.07) is 0.373. The van der Waals surface area contributed by atoms with E-state index < -0.39 is 40.6 Å². The highest BCUT2D eigenvalue weighted by atomic mass is 32.2. The fourth-order valence-corrected chi connectivity index (χ4v) is 2.93. The van der Waals surface area contributed by atoms with Crippen LogP contribution in [0.25, 0.3) is 0 Å². The van der Waals surface area contributed by atoms with Crippen molar-refractivity contribution in [3.8, 4) is 0 Å². The van der Waals surface area contributed by atoms with Gasteiger partial charge in [-0.1, -0.05) is 0 Å². The van der Waals surface area contributed by atoms with E-state index in [0.29, 0.717) is 6.07 Å². The smallest absolute Gasteiger partial charge is 0.343 e. The van der Waals surface area contributed by atoms with Crippen LogP contribution in [0.1, 0.15) is 17.3 Å². The van der Waals surface area contributed by atoms with E-state index in [1.54, 1.807) is 12.5 Å². The van der Waals surface area contributed by atoms with Crippen LogP contribution in [-0.4, -0.2) is 35.9 Å². The van der Waals surface area contributed by atoms with E-state index in [1.807, 2.05) is 0 Å². The first-order chi connectivity index (χ1) is 10.4. The summed E-state index contributed by atoms with van der Waals surface area (Å²) in [7, 11) is 0. The number of pyridine rings is 1. The summed E-state index contributed by atoms with van der Waals surface area (Å²) >= 11 is 2.16. The summed E-state index contributed by atoms with van der Waals surface area (Å²) in [5.41, 5.74) is -1.27. The first-order valence-corrected chi connectivity index (χ1v) is 8.37. The molecule has 0 N–H and O–H groups in total. The largest absolute Gasteiger partial charge is 0.462 e. The van der Waals surface area contributed by atoms with Crippen molar-refractivity contribution in [3.63, 3.8) is 0 Å². The first-order valence-electron chi connectivity index (χ1n) is 5.92. The zero-order chi connectivity index (χ0) is 16.9. The highest BCUT2D eigenvalue weighted by Gasteiger charge is 2.29. The summed E-state index contributed by atoms with van der Waals surface area (Å²) in [6.07, 6.45) is 3.22. The Morgan fingerprint density at radius 2 is 1.77 bits per heavy atom. The second-order valence-corrected chi connectivity index (χ2v) is 5.61. The van der Waals surface area contributed by atoms with E-state index in [9.17, 15) is 22.8 Å². The van der Waals surface area contributed by atoms with Crippen molar-refractivity contribution in [1.29, 1.82) is 0 Å². The highest BCUT2D eigenvalue weighted by Crippen LogP contribution is 2.30. The minimum absolute atomic E-state index is 0.00413. The number of thioether (sulfide) groups is 2. The molecule has 0 unspecified atom stereocenters. The Morgan fingerprint density at radius 3 is 2.27 bits per heavy atom. The molecule has 0 radical (unpaired) electrons. The van der Waals surface area contributed by atoms with E-state index >= 15 is 0 Å². The minimum atomic E-state index is -1.66. The van der Waals surface area contributed by atoms with Gasteiger partial charge in [0.15, 0.2) is 5.82 Å². The van der Waals surface area contributed by atoms with Gasteiger partial charge >= 0.3 is 5.97 Å². The molecule has 0 amide bonds. The van der Waals surface area contributed by atoms with Crippen LogP contribution >= 0.6 is 23.5 Å². The predicted octanol–water partition coefficient (Wildman–Crippen LogP) is 3.18. The summed E-state index contributed by atoms with van der Waals surface area (Å²) in [6.45, 7) is 1.54. The van der Waals surface area contributed by atoms with Crippen molar-refractivity contribution < 1.29 is 27.5 Å². The predicted molar refractivity (Wildman–Crippen MR) is 79.1 cm³/mol. The molecule has 0 aromatic carbocycles. The van der Waals surface area contributed by atoms with Gasteiger partial charge in [0, 0.05) is 0 Å². The van der Waals surface area contributed by atoms with Crippen molar-refractivity contribution in [2.24, 2.45) is 0 Å². The molecule has 0 aliphatic rings. The van der Waals surface area contributed by atoms with Gasteiger partial charge in [-0.05, 0) is 25.5 Å². The molecule has 1 aromatic heterocycles. The number of aromatic nitrogens is 1. The second-order valence-electron chi connectivity index (χ2n) is 3.72. The summed E-state index contributed by atoms with van der Waals surface area (Å²) in [5, 5.41) is 0. The van der Waals surface area contributed by atoms with Gasteiger partial charge in [-0.25, -0.2) is 9.18 Å². The van der Waals surface area contributed by atoms with Gasteiger partial charge in [-0.15, -0.1) is 23.5 Å². The number of esters is 1. The number of hydrogen-bond donors (Lipinski definition) is 0. The molecule has 22 heavy (non-hydrogen) atoms. The van der Waals surface area contributed by atoms with E-state index in [1.165, 1.54) is 6.92 Å². The van der Waals surface area contributed by atoms with Crippen LogP contribution in [0, 0.1) is 17.7 Å². The normalized spacial score (nSPS) is 10.3. The van der Waals surface area contributed by atoms with Crippen molar-refractivity contribution in [2.45, 2.75) is 6.92 Å². The van der Waals surface area contributed by atoms with Gasteiger partial charge in [0.05, 0.1) is 16.4 Å². The van der Waals surface area contributed by atoms with Gasteiger partial charge in [0.1, 0.15) is 5.57 Å². The van der Waals surface area contributed by atoms with Crippen molar-refractivity contribution in [2.75, 3.05) is 19.1 Å². The molecular weight excluding hydrogens is 339 g/mol. The summed E-state index contributed by atoms with van der Waals surface area (Å²) in [4.78, 5) is 27.0. The number of hydrogen-bond acceptors (Lipinski definition) is 6. The van der Waals surface area contributed by atoms with E-state index in [-0.39, 0.29) is 10.8 Å². The topological polar surface area (TPSA) is 56.3 Å². The third-order valence-electron chi connectivity index (χ3n) is 2.41. The van der Waals surface area contributed by atoms with Crippen LogP contribution in [0.4, 0.5) is 13.2 Å². The van der Waals surface area contributed by atoms with Crippen molar-refractivity contribution >= 4 is 35.3 Å². The molecule has 0 aliphatic heterocycles. The maximum Gasteiger partial charge on any atom is 0.343 e. The van der Waals surface area contributed by atoms with Crippen LogP contribution in [0.15, 0.2) is 15.9 Å². The van der Waals surface area contributed by atoms with Crippen LogP contribution in [-0.2, 0) is 9.53 Å². The Balaban J connectivity index is 3.44. The minimum Gasteiger partial charge on any atom is -0.462 e. The standard InChI is InChI=1S/C13H12F3NO3S2/c1-4-20-12(19)8(13(21-2)22-3)9(18)6-5-7(14)11(16)17-10(6)15/h5H,4H2,1-3H3. The molecule has 0 saturated carbocycles. The number of ether oxygens (including phenoxy) is 1. The zero-order valence-corrected chi connectivity index (χ0v) is 13.5. The van der Waals surface area contributed by atoms with Gasteiger partial charge in [-0.3, -0.25) is 4.79 Å². The molecule has 0 bridgehead atoms. The third kappa shape index (κ3) is 4.04. The molecular formula is C13H12F3NO3S2. The highest BCUT2D eigenvalue weighted by molar-refractivity contribution is 8.21. The van der Waals surface area contributed by atoms with Crippen LogP contribution in [0.2, 0.25) is 0 Å². The molecule has 4 nitrogen and oxygen atoms in total. The van der Waals surface area contributed by atoms with Gasteiger partial charge in [0.2, 0.25) is 11.7 Å². The molecule has 0 aliphatic carbocycles. The number of rotatable bonds is 6. The summed E-state index contributed by atoms with van der Waals surface area (Å²) in [5.74, 6) is -6.71. The Morgan fingerprint density at radius 1 is 1.18 bits per heavy atom. The zero-order valence-electron chi connectivity index (χ0n) is 11.9. The first kappa shape index (κ1) is 18.6. The second kappa shape index (κ2) is 8.23. The Kier molecular flexibility index (Phi) is 6.95. The van der Waals surface area contributed by atoms with E-state index in [4.69, 9.17) is 4.74 Å². The monoisotopic (exact) mass is 351 g/mol. The SMILES string of the molecule is CCOC(=O)C(C(=O)c1cc(F)c(F)nc1F)=C(SC)SC. The van der Waals surface area contributed by atoms with Gasteiger partial charge in [-0.2, -0.15) is 13.8 Å². The van der Waals surface area contributed by atoms with Crippen molar-refractivity contribution in [3.05, 3.63) is 39.2 Å². The molecule has 9 heteroatoms. The number of carbonyl (C=O) groups excluding carboxylic acids is 2. The van der Waals surface area contributed by atoms with E-state index in [0.717, 1.165) is 23.5 Å². The fourth-order valence-electron chi connectivity index (χ4n) is 1.50. The van der Waals surface area contributed by atoms with Crippen LogP contribution in [0.3, 0.4) is 0 Å². The number of nitrogens with zero attached hydrogens (tertiary/aromatic N) is 1. The Labute approximate surface area is 133 Å². The number of carbonyl (C=O) groups is 2. The maximum absolute atomic E-state index is 13.6. The Hall–Kier alpha value is -1.48. The summed E-state index contributed by atoms with van der Waals surface area (Å²) < 4.78 is 44.7. The fraction of sp³-hybridized carbons (Fsp3) is 0.308. The molecule has 0 saturated heterocycles. The molecule has 1 rings (SSSR count). The molecule has 1 heterocycles. The van der Waals surface area contributed by atoms with Crippen LogP contribution in [0.5, 0.6) is 0 Å². The lowest BCUT2D eigenvalue weighted by Crippen LogP contribution is -2.19. The molecule has 120 valence electrons. The Bertz CT molecular complexity index is 629. The molecule has 1 aromatic rings. The quantitative estimate of drug-likeness (QED) is 0.196. The molecule has 0 atom stereocenters. The number of Topliss-reactive ketones (excluding diaryl/α,β-unsaturated/α-hetero) is 1. The van der Waals surface area contributed by atoms with Crippen LogP contribution < -0.4 is 0 Å². The lowest BCUT2D eigenvalue weighted by atomic mass is 10.1. The van der Waals surface area contributed by atoms with Gasteiger partial charge in [0.25, 0.3) is 5.95 Å². The number of ketones is 1. The maximum atomic E-state index is 13.6. The molecule has 0 spiro atoms. The number of halogens is 3. The lowest BCUT2D eigenvalue weighted by Gasteiger charge is -2.11. The molecule has 0 fully saturated rings.